The van der Waals surface area contributed by atoms with Crippen molar-refractivity contribution in [3.8, 4) is 0 Å². The monoisotopic (exact) mass is 891 g/mol. The van der Waals surface area contributed by atoms with Gasteiger partial charge in [-0.05, 0) is 66.0 Å². The number of carbonyl (C=O) groups is 3. The van der Waals surface area contributed by atoms with Gasteiger partial charge in [0.05, 0.1) is 55.6 Å². The van der Waals surface area contributed by atoms with Gasteiger partial charge in [-0.2, -0.15) is 9.97 Å². The van der Waals surface area contributed by atoms with E-state index in [-0.39, 0.29) is 55.9 Å². The quantitative estimate of drug-likeness (QED) is 0.0255. The molecule has 5 rings (SSSR count). The fourth-order valence-electron chi connectivity index (χ4n) is 5.81. The average Bonchev–Trinajstić information content (AvgIpc) is 3.99. The summed E-state index contributed by atoms with van der Waals surface area (Å²) in [5.41, 5.74) is -0.768. The molecule has 5 heterocycles. The van der Waals surface area contributed by atoms with Gasteiger partial charge < -0.3 is 67.8 Å². The summed E-state index contributed by atoms with van der Waals surface area (Å²) in [6.45, 7) is 10.4. The van der Waals surface area contributed by atoms with Crippen LogP contribution in [0.1, 0.15) is 77.5 Å². The molecular formula is C34H52ClN9O13P2. The molecule has 0 spiro atoms. The standard InChI is InChI=1S/C34H52ClN9O13P2/c1-33(2,3)30(47)51-17-39-27-26-29(41-32(35)40-27)43(16-37-26)24-9-8-20(55-24)12-54-59(50)57-22-10-25(56-23(22)13-53-58(49)19-46)44-15-36-21(11-45)28(44)38-14-42(7)18-52-31(48)34(4,5)6/h11,14-15,20,22-25,37,46,49-50H,8-10,12-13,16-19H2,1-7H3,(H,39,40,41)/t20?,22-,23?,24?,25?,58?,59?/m0/s1. The summed E-state index contributed by atoms with van der Waals surface area (Å²) < 4.78 is 41.6. The second-order valence-electron chi connectivity index (χ2n) is 15.8. The molecular weight excluding hydrogens is 840 g/mol. The summed E-state index contributed by atoms with van der Waals surface area (Å²) in [5, 5.41) is 15.5. The Kier molecular flexibility index (Phi) is 16.2. The van der Waals surface area contributed by atoms with E-state index in [0.29, 0.717) is 43.1 Å². The number of hydrogen-bond donors (Lipinski definition) is 5. The van der Waals surface area contributed by atoms with E-state index in [4.69, 9.17) is 44.1 Å². The molecule has 328 valence electrons. The number of nitrogens with one attached hydrogen (secondary N) is 2. The lowest BCUT2D eigenvalue weighted by atomic mass is 9.97. The van der Waals surface area contributed by atoms with Crippen molar-refractivity contribution in [2.75, 3.05) is 62.3 Å². The van der Waals surface area contributed by atoms with E-state index < -0.39 is 70.9 Å². The van der Waals surface area contributed by atoms with Crippen LogP contribution in [0, 0.1) is 10.8 Å². The van der Waals surface area contributed by atoms with Crippen molar-refractivity contribution in [1.82, 2.24) is 24.4 Å². The lowest BCUT2D eigenvalue weighted by Gasteiger charge is -2.25. The van der Waals surface area contributed by atoms with E-state index in [9.17, 15) is 29.3 Å². The van der Waals surface area contributed by atoms with Crippen molar-refractivity contribution in [3.05, 3.63) is 17.3 Å². The maximum absolute atomic E-state index is 12.2. The molecule has 0 radical (unpaired) electrons. The van der Waals surface area contributed by atoms with Crippen molar-refractivity contribution in [2.24, 2.45) is 15.8 Å². The first-order valence-corrected chi connectivity index (χ1v) is 21.5. The second kappa shape index (κ2) is 20.4. The first kappa shape index (κ1) is 46.7. The number of aliphatic imine (C=N–C) groups is 1. The highest BCUT2D eigenvalue weighted by Crippen LogP contribution is 2.45. The number of halogens is 1. The Morgan fingerprint density at radius 3 is 2.51 bits per heavy atom. The highest BCUT2D eigenvalue weighted by Gasteiger charge is 2.42. The van der Waals surface area contributed by atoms with Crippen LogP contribution in [0.3, 0.4) is 0 Å². The Morgan fingerprint density at radius 1 is 1.08 bits per heavy atom. The normalized spacial score (nSPS) is 22.9. The molecule has 0 aromatic carbocycles. The third-order valence-electron chi connectivity index (χ3n) is 8.94. The Bertz CT molecular complexity index is 1800. The van der Waals surface area contributed by atoms with E-state index in [1.165, 1.54) is 22.1 Å². The van der Waals surface area contributed by atoms with Gasteiger partial charge >= 0.3 is 20.5 Å². The fourth-order valence-corrected chi connectivity index (χ4v) is 7.18. The van der Waals surface area contributed by atoms with E-state index >= 15 is 0 Å². The lowest BCUT2D eigenvalue weighted by molar-refractivity contribution is -0.155. The molecule has 5 N–H and O–H groups in total. The Hall–Kier alpha value is -3.40. The van der Waals surface area contributed by atoms with Crippen molar-refractivity contribution in [3.63, 3.8) is 0 Å². The zero-order chi connectivity index (χ0) is 43.1. The summed E-state index contributed by atoms with van der Waals surface area (Å²) in [7, 11) is -2.98. The van der Waals surface area contributed by atoms with Crippen molar-refractivity contribution >= 4 is 76.3 Å². The summed E-state index contributed by atoms with van der Waals surface area (Å²) >= 11 is 6.26. The van der Waals surface area contributed by atoms with Gasteiger partial charge in [-0.1, -0.05) is 0 Å². The van der Waals surface area contributed by atoms with Crippen LogP contribution in [0.15, 0.2) is 11.3 Å². The number of hydrogen-bond acceptors (Lipinski definition) is 20. The van der Waals surface area contributed by atoms with E-state index in [0.717, 1.165) is 0 Å². The molecule has 6 unspecified atom stereocenters. The van der Waals surface area contributed by atoms with Crippen molar-refractivity contribution < 1.29 is 61.8 Å². The second-order valence-corrected chi connectivity index (χ2v) is 18.3. The average molecular weight is 892 g/mol. The largest absolute Gasteiger partial charge is 0.444 e. The van der Waals surface area contributed by atoms with E-state index in [1.54, 1.807) is 48.6 Å². The number of aromatic nitrogens is 4. The third kappa shape index (κ3) is 12.6. The van der Waals surface area contributed by atoms with Gasteiger partial charge in [-0.3, -0.25) is 19.0 Å². The van der Waals surface area contributed by atoms with Crippen LogP contribution in [0.25, 0.3) is 0 Å². The van der Waals surface area contributed by atoms with E-state index in [2.05, 4.69) is 30.6 Å². The zero-order valence-corrected chi connectivity index (χ0v) is 36.4. The topological polar surface area (TPSA) is 263 Å². The maximum Gasteiger partial charge on any atom is 0.330 e. The van der Waals surface area contributed by atoms with E-state index in [1.807, 2.05) is 4.90 Å². The minimum atomic E-state index is -2.47. The van der Waals surface area contributed by atoms with Gasteiger partial charge in [0.2, 0.25) is 5.28 Å². The first-order chi connectivity index (χ1) is 27.9. The highest BCUT2D eigenvalue weighted by atomic mass is 35.5. The number of esters is 2. The Morgan fingerprint density at radius 2 is 1.81 bits per heavy atom. The SMILES string of the molecule is CN(C=Nc1c(C=O)ncn1C1C[C@H](OP(O)OCC2CCC(N3CNc4c(NCOC(=O)C(C)(C)C)nc(Cl)nc43)O2)C(COP(O)CO)O1)COC(=O)C(C)(C)C. The molecule has 7 atom stereocenters. The molecule has 2 saturated heterocycles. The van der Waals surface area contributed by atoms with Crippen LogP contribution >= 0.6 is 28.6 Å². The smallest absolute Gasteiger partial charge is 0.330 e. The molecule has 22 nitrogen and oxygen atoms in total. The lowest BCUT2D eigenvalue weighted by Crippen LogP contribution is -2.36. The van der Waals surface area contributed by atoms with Crippen molar-refractivity contribution in [2.45, 2.75) is 91.6 Å². The molecule has 3 aliphatic heterocycles. The van der Waals surface area contributed by atoms with Crippen molar-refractivity contribution in [1.29, 1.82) is 0 Å². The minimum Gasteiger partial charge on any atom is -0.444 e. The third-order valence-corrected chi connectivity index (χ3v) is 10.6. The predicted octanol–water partition coefficient (Wildman–Crippen LogP) is 3.81. The van der Waals surface area contributed by atoms with Gasteiger partial charge in [0.25, 0.3) is 0 Å². The molecule has 2 fully saturated rings. The maximum atomic E-state index is 12.2. The number of ether oxygens (including phenoxy) is 4. The molecule has 0 saturated carbocycles. The van der Waals surface area contributed by atoms with Crippen LogP contribution in [0.5, 0.6) is 0 Å². The molecule has 0 aliphatic carbocycles. The first-order valence-electron chi connectivity index (χ1n) is 18.6. The van der Waals surface area contributed by atoms with Gasteiger partial charge in [0, 0.05) is 13.5 Å². The van der Waals surface area contributed by atoms with Gasteiger partial charge in [0.1, 0.15) is 36.3 Å². The molecule has 0 amide bonds. The number of aldehydes is 1. The molecule has 2 aromatic heterocycles. The summed E-state index contributed by atoms with van der Waals surface area (Å²) in [4.78, 5) is 77.7. The van der Waals surface area contributed by atoms with Crippen LogP contribution in [0.2, 0.25) is 5.28 Å². The van der Waals surface area contributed by atoms with Crippen LogP contribution in [-0.4, -0.2) is 135 Å². The summed E-state index contributed by atoms with van der Waals surface area (Å²) in [6, 6.07) is 0. The number of imidazole rings is 1. The Labute approximate surface area is 348 Å². The van der Waals surface area contributed by atoms with Crippen LogP contribution < -0.4 is 15.5 Å². The summed E-state index contributed by atoms with van der Waals surface area (Å²) in [6.07, 6.45) is 0.709. The number of fused-ring (bicyclic) bond motifs is 1. The number of aliphatic hydroxyl groups is 1. The number of rotatable bonds is 19. The van der Waals surface area contributed by atoms with Gasteiger partial charge in [0.15, 0.2) is 45.6 Å². The Balaban J connectivity index is 1.17. The number of carbonyl (C=O) groups excluding carboxylic acids is 3. The van der Waals surface area contributed by atoms with Crippen LogP contribution in [-0.2, 0) is 42.1 Å². The number of nitrogens with zero attached hydrogens (tertiary/aromatic N) is 7. The summed E-state index contributed by atoms with van der Waals surface area (Å²) in [5.74, 6) is 0.241. The van der Waals surface area contributed by atoms with Gasteiger partial charge in [-0.15, -0.1) is 0 Å². The van der Waals surface area contributed by atoms with Crippen LogP contribution in [0.4, 0.5) is 23.1 Å². The molecule has 25 heteroatoms. The fraction of sp³-hybridized carbons (Fsp3) is 0.676. The molecule has 2 aromatic rings. The highest BCUT2D eigenvalue weighted by molar-refractivity contribution is 7.45. The zero-order valence-electron chi connectivity index (χ0n) is 33.8. The number of anilines is 3. The minimum absolute atomic E-state index is 0.00437. The predicted molar refractivity (Wildman–Crippen MR) is 215 cm³/mol. The molecule has 59 heavy (non-hydrogen) atoms. The number of aliphatic hydroxyl groups excluding tert-OH is 1. The molecule has 3 aliphatic rings. The van der Waals surface area contributed by atoms with Gasteiger partial charge in [-0.25, -0.2) is 9.98 Å². The molecule has 0 bridgehead atoms.